The SMILES string of the molecule is C=CCON(C/C=C/c1ccccc1)C(=O)c1ccccc1. The van der Waals surface area contributed by atoms with Crippen LogP contribution in [-0.4, -0.2) is 24.1 Å². The van der Waals surface area contributed by atoms with E-state index in [2.05, 4.69) is 6.58 Å². The van der Waals surface area contributed by atoms with Crippen LogP contribution in [0, 0.1) is 0 Å². The molecule has 0 saturated heterocycles. The van der Waals surface area contributed by atoms with Crippen molar-refractivity contribution in [2.24, 2.45) is 0 Å². The second kappa shape index (κ2) is 8.60. The third kappa shape index (κ3) is 4.72. The monoisotopic (exact) mass is 293 g/mol. The van der Waals surface area contributed by atoms with Crippen LogP contribution in [0.1, 0.15) is 15.9 Å². The molecule has 0 radical (unpaired) electrons. The third-order valence-corrected chi connectivity index (χ3v) is 2.98. The fourth-order valence-corrected chi connectivity index (χ4v) is 1.91. The molecule has 0 saturated carbocycles. The Kier molecular flexibility index (Phi) is 6.15. The minimum Gasteiger partial charge on any atom is -0.267 e. The molecule has 0 fully saturated rings. The number of amides is 1. The molecule has 0 aliphatic carbocycles. The molecule has 0 spiro atoms. The van der Waals surface area contributed by atoms with Crippen LogP contribution in [0.3, 0.4) is 0 Å². The van der Waals surface area contributed by atoms with Crippen molar-refractivity contribution >= 4 is 12.0 Å². The third-order valence-electron chi connectivity index (χ3n) is 2.98. The summed E-state index contributed by atoms with van der Waals surface area (Å²) in [5.41, 5.74) is 1.68. The van der Waals surface area contributed by atoms with Gasteiger partial charge in [0.1, 0.15) is 0 Å². The topological polar surface area (TPSA) is 29.5 Å². The summed E-state index contributed by atoms with van der Waals surface area (Å²) in [6.45, 7) is 4.27. The lowest BCUT2D eigenvalue weighted by Crippen LogP contribution is -2.31. The van der Waals surface area contributed by atoms with Gasteiger partial charge < -0.3 is 0 Å². The van der Waals surface area contributed by atoms with Crippen LogP contribution in [0.5, 0.6) is 0 Å². The highest BCUT2D eigenvalue weighted by Crippen LogP contribution is 2.07. The maximum Gasteiger partial charge on any atom is 0.277 e. The number of carbonyl (C=O) groups excluding carboxylic acids is 1. The molecular weight excluding hydrogens is 274 g/mol. The summed E-state index contributed by atoms with van der Waals surface area (Å²) in [6.07, 6.45) is 5.48. The molecule has 2 rings (SSSR count). The van der Waals surface area contributed by atoms with Crippen LogP contribution in [0.15, 0.2) is 79.4 Å². The molecule has 1 amide bonds. The van der Waals surface area contributed by atoms with Crippen molar-refractivity contribution in [2.75, 3.05) is 13.2 Å². The summed E-state index contributed by atoms with van der Waals surface area (Å²) in [7, 11) is 0. The number of benzene rings is 2. The van der Waals surface area contributed by atoms with E-state index in [-0.39, 0.29) is 12.5 Å². The Morgan fingerprint density at radius 2 is 1.68 bits per heavy atom. The Morgan fingerprint density at radius 1 is 1.05 bits per heavy atom. The van der Waals surface area contributed by atoms with E-state index in [1.54, 1.807) is 18.2 Å². The Hall–Kier alpha value is -2.65. The number of hydroxylamine groups is 2. The average molecular weight is 293 g/mol. The van der Waals surface area contributed by atoms with Gasteiger partial charge in [0, 0.05) is 5.56 Å². The van der Waals surface area contributed by atoms with Gasteiger partial charge in [-0.25, -0.2) is 5.06 Å². The lowest BCUT2D eigenvalue weighted by molar-refractivity contribution is -0.104. The van der Waals surface area contributed by atoms with Gasteiger partial charge >= 0.3 is 0 Å². The average Bonchev–Trinajstić information content (AvgIpc) is 2.59. The molecule has 0 heterocycles. The molecule has 112 valence electrons. The summed E-state index contributed by atoms with van der Waals surface area (Å²) in [4.78, 5) is 17.9. The quantitative estimate of drug-likeness (QED) is 0.571. The van der Waals surface area contributed by atoms with Gasteiger partial charge in [-0.2, -0.15) is 0 Å². The first-order valence-electron chi connectivity index (χ1n) is 7.13. The molecule has 2 aromatic rings. The van der Waals surface area contributed by atoms with Gasteiger partial charge in [0.05, 0.1) is 13.2 Å². The first kappa shape index (κ1) is 15.7. The van der Waals surface area contributed by atoms with Gasteiger partial charge in [-0.1, -0.05) is 66.8 Å². The lowest BCUT2D eigenvalue weighted by Gasteiger charge is -2.19. The smallest absolute Gasteiger partial charge is 0.267 e. The first-order valence-corrected chi connectivity index (χ1v) is 7.13. The van der Waals surface area contributed by atoms with Crippen molar-refractivity contribution in [3.63, 3.8) is 0 Å². The molecule has 3 heteroatoms. The van der Waals surface area contributed by atoms with Gasteiger partial charge in [0.25, 0.3) is 5.91 Å². The summed E-state index contributed by atoms with van der Waals surface area (Å²) >= 11 is 0. The maximum absolute atomic E-state index is 12.4. The van der Waals surface area contributed by atoms with Crippen molar-refractivity contribution in [2.45, 2.75) is 0 Å². The standard InChI is InChI=1S/C19H19NO2/c1-2-16-22-20(19(21)18-13-7-4-8-14-18)15-9-12-17-10-5-3-6-11-17/h2-14H,1,15-16H2/b12-9+. The van der Waals surface area contributed by atoms with Gasteiger partial charge in [-0.3, -0.25) is 9.63 Å². The first-order chi connectivity index (χ1) is 10.8. The summed E-state index contributed by atoms with van der Waals surface area (Å²) in [5.74, 6) is -0.167. The predicted octanol–water partition coefficient (Wildman–Crippen LogP) is 3.96. The normalized spacial score (nSPS) is 10.5. The van der Waals surface area contributed by atoms with Gasteiger partial charge in [0.2, 0.25) is 0 Å². The van der Waals surface area contributed by atoms with E-state index >= 15 is 0 Å². The van der Waals surface area contributed by atoms with Crippen LogP contribution >= 0.6 is 0 Å². The largest absolute Gasteiger partial charge is 0.277 e. The molecule has 22 heavy (non-hydrogen) atoms. The van der Waals surface area contributed by atoms with Gasteiger partial charge in [-0.15, -0.1) is 6.58 Å². The van der Waals surface area contributed by atoms with Crippen LogP contribution in [0.4, 0.5) is 0 Å². The minimum atomic E-state index is -0.167. The van der Waals surface area contributed by atoms with Crippen molar-refractivity contribution in [1.82, 2.24) is 5.06 Å². The van der Waals surface area contributed by atoms with E-state index in [1.165, 1.54) is 5.06 Å². The lowest BCUT2D eigenvalue weighted by atomic mass is 10.2. The van der Waals surface area contributed by atoms with E-state index in [1.807, 2.05) is 60.7 Å². The Morgan fingerprint density at radius 3 is 2.32 bits per heavy atom. The Bertz CT molecular complexity index is 620. The number of hydrogen-bond donors (Lipinski definition) is 0. The van der Waals surface area contributed by atoms with Crippen molar-refractivity contribution in [1.29, 1.82) is 0 Å². The minimum absolute atomic E-state index is 0.167. The van der Waals surface area contributed by atoms with E-state index in [0.717, 1.165) is 5.56 Å². The highest BCUT2D eigenvalue weighted by atomic mass is 16.7. The fraction of sp³-hybridized carbons (Fsp3) is 0.105. The fourth-order valence-electron chi connectivity index (χ4n) is 1.91. The van der Waals surface area contributed by atoms with E-state index in [4.69, 9.17) is 4.84 Å². The molecule has 0 aliphatic heterocycles. The zero-order valence-electron chi connectivity index (χ0n) is 12.4. The number of carbonyl (C=O) groups is 1. The van der Waals surface area contributed by atoms with Crippen molar-refractivity contribution < 1.29 is 9.63 Å². The van der Waals surface area contributed by atoms with Crippen LogP contribution in [0.2, 0.25) is 0 Å². The van der Waals surface area contributed by atoms with Crippen LogP contribution in [-0.2, 0) is 4.84 Å². The van der Waals surface area contributed by atoms with Crippen LogP contribution < -0.4 is 0 Å². The molecule has 0 N–H and O–H groups in total. The summed E-state index contributed by atoms with van der Waals surface area (Å²) in [6, 6.07) is 19.0. The van der Waals surface area contributed by atoms with Crippen molar-refractivity contribution in [3.8, 4) is 0 Å². The molecule has 3 nitrogen and oxygen atoms in total. The molecule has 0 aliphatic rings. The summed E-state index contributed by atoms with van der Waals surface area (Å²) in [5, 5.41) is 1.34. The van der Waals surface area contributed by atoms with E-state index in [9.17, 15) is 4.79 Å². The van der Waals surface area contributed by atoms with Gasteiger partial charge in [0.15, 0.2) is 0 Å². The molecule has 0 unspecified atom stereocenters. The van der Waals surface area contributed by atoms with E-state index in [0.29, 0.717) is 12.1 Å². The molecule has 2 aromatic carbocycles. The Labute approximate surface area is 131 Å². The molecule has 0 bridgehead atoms. The second-order valence-electron chi connectivity index (χ2n) is 4.63. The Balaban J connectivity index is 2.04. The highest BCUT2D eigenvalue weighted by molar-refractivity contribution is 5.93. The van der Waals surface area contributed by atoms with Crippen LogP contribution in [0.25, 0.3) is 6.08 Å². The van der Waals surface area contributed by atoms with Gasteiger partial charge in [-0.05, 0) is 17.7 Å². The highest BCUT2D eigenvalue weighted by Gasteiger charge is 2.14. The predicted molar refractivity (Wildman–Crippen MR) is 89.1 cm³/mol. The molecule has 0 atom stereocenters. The van der Waals surface area contributed by atoms with E-state index < -0.39 is 0 Å². The summed E-state index contributed by atoms with van der Waals surface area (Å²) < 4.78 is 0. The second-order valence-corrected chi connectivity index (χ2v) is 4.63. The number of hydrogen-bond acceptors (Lipinski definition) is 2. The number of nitrogens with zero attached hydrogens (tertiary/aromatic N) is 1. The molecular formula is C19H19NO2. The maximum atomic E-state index is 12.4. The molecule has 0 aromatic heterocycles. The zero-order valence-corrected chi connectivity index (χ0v) is 12.4. The zero-order chi connectivity index (χ0) is 15.6. The van der Waals surface area contributed by atoms with Crippen molar-refractivity contribution in [3.05, 3.63) is 90.5 Å². The number of rotatable bonds is 7.